The molecular weight excluding hydrogens is 529 g/mol. The van der Waals surface area contributed by atoms with Crippen molar-refractivity contribution in [2.24, 2.45) is 0 Å². The van der Waals surface area contributed by atoms with Gasteiger partial charge < -0.3 is 0 Å². The van der Waals surface area contributed by atoms with Gasteiger partial charge in [-0.15, -0.1) is 11.3 Å². The van der Waals surface area contributed by atoms with Crippen molar-refractivity contribution in [2.45, 2.75) is 0 Å². The van der Waals surface area contributed by atoms with Crippen LogP contribution < -0.4 is 4.90 Å². The normalized spacial score (nSPS) is 12.2. The Kier molecular flexibility index (Phi) is 5.10. The lowest BCUT2D eigenvalue weighted by atomic mass is 9.90. The highest BCUT2D eigenvalue weighted by atomic mass is 32.1. The van der Waals surface area contributed by atoms with Crippen molar-refractivity contribution in [1.29, 1.82) is 0 Å². The maximum Gasteiger partial charge on any atom is 0.138 e. The number of fused-ring (bicyclic) bond motifs is 5. The summed E-state index contributed by atoms with van der Waals surface area (Å²) in [6.45, 7) is 0. The molecule has 0 spiro atoms. The van der Waals surface area contributed by atoms with Crippen LogP contribution in [0.4, 0.5) is 17.2 Å². The fourth-order valence-electron chi connectivity index (χ4n) is 6.45. The van der Waals surface area contributed by atoms with Crippen molar-refractivity contribution in [3.8, 4) is 33.5 Å². The van der Waals surface area contributed by atoms with E-state index in [0.29, 0.717) is 0 Å². The summed E-state index contributed by atoms with van der Waals surface area (Å²) in [7, 11) is 0. The van der Waals surface area contributed by atoms with Gasteiger partial charge in [0.1, 0.15) is 5.82 Å². The number of benzene rings is 6. The van der Waals surface area contributed by atoms with Gasteiger partial charge in [-0.3, -0.25) is 4.90 Å². The first-order chi connectivity index (χ1) is 20.8. The van der Waals surface area contributed by atoms with E-state index in [2.05, 4.69) is 150 Å². The van der Waals surface area contributed by atoms with Crippen LogP contribution in [-0.4, -0.2) is 4.98 Å². The van der Waals surface area contributed by atoms with Crippen molar-refractivity contribution in [3.63, 3.8) is 0 Å². The molecule has 0 amide bonds. The quantitative estimate of drug-likeness (QED) is 0.217. The maximum atomic E-state index is 5.36. The van der Waals surface area contributed by atoms with Crippen LogP contribution in [0.5, 0.6) is 0 Å². The summed E-state index contributed by atoms with van der Waals surface area (Å²) in [5.74, 6) is 0.916. The highest BCUT2D eigenvalue weighted by Crippen LogP contribution is 2.53. The van der Waals surface area contributed by atoms with Gasteiger partial charge in [-0.2, -0.15) is 0 Å². The van der Waals surface area contributed by atoms with Crippen LogP contribution in [0.2, 0.25) is 0 Å². The topological polar surface area (TPSA) is 16.1 Å². The molecule has 0 radical (unpaired) electrons. The summed E-state index contributed by atoms with van der Waals surface area (Å²) in [6.07, 6.45) is 0. The van der Waals surface area contributed by atoms with Gasteiger partial charge in [-0.1, -0.05) is 109 Å². The molecule has 3 heteroatoms. The summed E-state index contributed by atoms with van der Waals surface area (Å²) in [5.41, 5.74) is 9.22. The third-order valence-electron chi connectivity index (χ3n) is 8.37. The third kappa shape index (κ3) is 3.54. The Morgan fingerprint density at radius 2 is 1.21 bits per heavy atom. The van der Waals surface area contributed by atoms with E-state index in [1.807, 2.05) is 11.3 Å². The molecule has 9 rings (SSSR count). The number of thiophene rings is 1. The van der Waals surface area contributed by atoms with Gasteiger partial charge >= 0.3 is 0 Å². The minimum Gasteiger partial charge on any atom is -0.294 e. The Morgan fingerprint density at radius 1 is 0.476 bits per heavy atom. The van der Waals surface area contributed by atoms with Crippen LogP contribution in [0.1, 0.15) is 0 Å². The molecule has 2 aromatic heterocycles. The second kappa shape index (κ2) is 9.13. The van der Waals surface area contributed by atoms with Gasteiger partial charge in [-0.25, -0.2) is 4.98 Å². The zero-order chi connectivity index (χ0) is 27.6. The van der Waals surface area contributed by atoms with Crippen LogP contribution >= 0.6 is 11.3 Å². The van der Waals surface area contributed by atoms with E-state index in [4.69, 9.17) is 4.98 Å². The standard InChI is InChI=1S/C39H24N2S/c1-3-11-25(12-4-1)28-21-33(26-13-5-2-6-14-26)40-38(22-28)41-34-19-10-16-27-15-9-18-30(39(27)34)31-23-32-29-17-7-8-20-36(29)42-37(32)24-35(31)41/h1-24H. The average molecular weight is 553 g/mol. The molecule has 2 nitrogen and oxygen atoms in total. The first-order valence-corrected chi connectivity index (χ1v) is 15.0. The van der Waals surface area contributed by atoms with Crippen molar-refractivity contribution in [1.82, 2.24) is 4.98 Å². The van der Waals surface area contributed by atoms with Crippen molar-refractivity contribution in [3.05, 3.63) is 146 Å². The van der Waals surface area contributed by atoms with E-state index >= 15 is 0 Å². The first kappa shape index (κ1) is 23.5. The minimum atomic E-state index is 0.916. The molecule has 3 heterocycles. The number of hydrogen-bond donors (Lipinski definition) is 0. The first-order valence-electron chi connectivity index (χ1n) is 14.2. The summed E-state index contributed by atoms with van der Waals surface area (Å²) < 4.78 is 2.60. The molecule has 42 heavy (non-hydrogen) atoms. The van der Waals surface area contributed by atoms with Crippen LogP contribution in [-0.2, 0) is 0 Å². The van der Waals surface area contributed by atoms with E-state index in [1.54, 1.807) is 0 Å². The van der Waals surface area contributed by atoms with Gasteiger partial charge in [0.2, 0.25) is 0 Å². The number of hydrogen-bond acceptors (Lipinski definition) is 3. The van der Waals surface area contributed by atoms with Crippen molar-refractivity contribution in [2.75, 3.05) is 4.90 Å². The second-order valence-electron chi connectivity index (χ2n) is 10.8. The molecule has 196 valence electrons. The number of anilines is 3. The minimum absolute atomic E-state index is 0.916. The highest BCUT2D eigenvalue weighted by molar-refractivity contribution is 7.25. The molecule has 1 aliphatic heterocycles. The maximum absolute atomic E-state index is 5.36. The monoisotopic (exact) mass is 552 g/mol. The Hall–Kier alpha value is -5.25. The van der Waals surface area contributed by atoms with Crippen LogP contribution in [0.15, 0.2) is 146 Å². The lowest BCUT2D eigenvalue weighted by Crippen LogP contribution is -2.16. The average Bonchev–Trinajstić information content (AvgIpc) is 3.42. The predicted molar refractivity (Wildman–Crippen MR) is 179 cm³/mol. The van der Waals surface area contributed by atoms with Gasteiger partial charge in [0.15, 0.2) is 0 Å². The smallest absolute Gasteiger partial charge is 0.138 e. The molecule has 0 fully saturated rings. The zero-order valence-electron chi connectivity index (χ0n) is 22.7. The lowest BCUT2D eigenvalue weighted by molar-refractivity contribution is 1.19. The van der Waals surface area contributed by atoms with E-state index in [9.17, 15) is 0 Å². The molecular formula is C39H24N2S. The van der Waals surface area contributed by atoms with Gasteiger partial charge in [-0.05, 0) is 58.5 Å². The fourth-order valence-corrected chi connectivity index (χ4v) is 7.58. The molecule has 6 aromatic carbocycles. The fraction of sp³-hybridized carbons (Fsp3) is 0. The van der Waals surface area contributed by atoms with E-state index in [1.165, 1.54) is 47.6 Å². The molecule has 1 aliphatic rings. The molecule has 0 saturated heterocycles. The second-order valence-corrected chi connectivity index (χ2v) is 11.9. The molecule has 0 atom stereocenters. The Labute approximate surface area is 247 Å². The number of rotatable bonds is 3. The van der Waals surface area contributed by atoms with Crippen molar-refractivity contribution >= 4 is 59.5 Å². The number of pyridine rings is 1. The third-order valence-corrected chi connectivity index (χ3v) is 9.50. The highest BCUT2D eigenvalue weighted by Gasteiger charge is 2.28. The molecule has 0 saturated carbocycles. The Bertz CT molecular complexity index is 2240. The number of aromatic nitrogens is 1. The lowest BCUT2D eigenvalue weighted by Gasteiger charge is -2.33. The molecule has 8 aromatic rings. The summed E-state index contributed by atoms with van der Waals surface area (Å²) in [6, 6.07) is 52.4. The van der Waals surface area contributed by atoms with Crippen LogP contribution in [0.3, 0.4) is 0 Å². The van der Waals surface area contributed by atoms with E-state index < -0.39 is 0 Å². The van der Waals surface area contributed by atoms with E-state index in [0.717, 1.165) is 34.0 Å². The molecule has 0 unspecified atom stereocenters. The number of nitrogens with zero attached hydrogens (tertiary/aromatic N) is 2. The van der Waals surface area contributed by atoms with E-state index in [-0.39, 0.29) is 0 Å². The molecule has 0 N–H and O–H groups in total. The predicted octanol–water partition coefficient (Wildman–Crippen LogP) is 11.4. The molecule has 0 bridgehead atoms. The summed E-state index contributed by atoms with van der Waals surface area (Å²) in [4.78, 5) is 7.75. The largest absolute Gasteiger partial charge is 0.294 e. The Morgan fingerprint density at radius 3 is 2.05 bits per heavy atom. The SMILES string of the molecule is c1ccc(-c2cc(-c3ccccc3)nc(N3c4cc5sc6ccccc6c5cc4-c4cccc5cccc3c45)c2)cc1. The summed E-state index contributed by atoms with van der Waals surface area (Å²) >= 11 is 1.86. The van der Waals surface area contributed by atoms with Gasteiger partial charge in [0.25, 0.3) is 0 Å². The van der Waals surface area contributed by atoms with Gasteiger partial charge in [0.05, 0.1) is 17.1 Å². The summed E-state index contributed by atoms with van der Waals surface area (Å²) in [5, 5.41) is 5.12. The van der Waals surface area contributed by atoms with Gasteiger partial charge in [0, 0.05) is 36.7 Å². The zero-order valence-corrected chi connectivity index (χ0v) is 23.5. The Balaban J connectivity index is 1.38. The van der Waals surface area contributed by atoms with Crippen LogP contribution in [0.25, 0.3) is 64.5 Å². The van der Waals surface area contributed by atoms with Crippen molar-refractivity contribution < 1.29 is 0 Å². The molecule has 0 aliphatic carbocycles. The van der Waals surface area contributed by atoms with Crippen LogP contribution in [0, 0.1) is 0 Å².